The van der Waals surface area contributed by atoms with Gasteiger partial charge in [0.05, 0.1) is 28.5 Å². The van der Waals surface area contributed by atoms with Crippen molar-refractivity contribution in [3.05, 3.63) is 34.7 Å². The summed E-state index contributed by atoms with van der Waals surface area (Å²) in [7, 11) is 3.73. The quantitative estimate of drug-likeness (QED) is 0.307. The Morgan fingerprint density at radius 3 is 2.54 bits per heavy atom. The van der Waals surface area contributed by atoms with Gasteiger partial charge in [-0.15, -0.1) is 11.3 Å². The number of rotatable bonds is 6. The van der Waals surface area contributed by atoms with Gasteiger partial charge < -0.3 is 23.7 Å². The molecule has 5 heterocycles. The van der Waals surface area contributed by atoms with E-state index in [1.165, 1.54) is 35.0 Å². The number of thiophene rings is 1. The second kappa shape index (κ2) is 9.08. The van der Waals surface area contributed by atoms with Crippen molar-refractivity contribution in [3.8, 4) is 17.3 Å². The molecule has 4 aliphatic rings. The van der Waals surface area contributed by atoms with Crippen LogP contribution in [-0.4, -0.2) is 68.5 Å². The van der Waals surface area contributed by atoms with Gasteiger partial charge in [0.1, 0.15) is 11.3 Å². The molecule has 214 valence electrons. The van der Waals surface area contributed by atoms with Gasteiger partial charge in [-0.05, 0) is 72.6 Å². The fourth-order valence-electron chi connectivity index (χ4n) is 7.78. The minimum Gasteiger partial charge on any atom is -0.494 e. The number of carbonyl (C=O) groups is 2. The van der Waals surface area contributed by atoms with Crippen LogP contribution < -0.4 is 4.74 Å². The Labute approximate surface area is 243 Å². The van der Waals surface area contributed by atoms with E-state index in [0.29, 0.717) is 41.0 Å². The summed E-state index contributed by atoms with van der Waals surface area (Å²) < 4.78 is 11.8. The predicted octanol–water partition coefficient (Wildman–Crippen LogP) is 5.49. The Bertz CT molecular complexity index is 1720. The molecule has 0 spiro atoms. The van der Waals surface area contributed by atoms with Gasteiger partial charge >= 0.3 is 0 Å². The molecule has 2 aliphatic carbocycles. The number of benzene rings is 1. The summed E-state index contributed by atoms with van der Waals surface area (Å²) in [6, 6.07) is 6.51. The van der Waals surface area contributed by atoms with Gasteiger partial charge in [-0.3, -0.25) is 9.59 Å². The number of hydrogen-bond donors (Lipinski definition) is 0. The Morgan fingerprint density at radius 2 is 1.88 bits per heavy atom. The first kappa shape index (κ1) is 25.4. The van der Waals surface area contributed by atoms with Crippen molar-refractivity contribution in [2.24, 2.45) is 24.8 Å². The molecule has 2 saturated carbocycles. The zero-order valence-corrected chi connectivity index (χ0v) is 25.0. The number of carbonyl (C=O) groups excluding carboxylic acids is 2. The predicted molar refractivity (Wildman–Crippen MR) is 161 cm³/mol. The number of aryl methyl sites for hydroxylation is 1. The summed E-state index contributed by atoms with van der Waals surface area (Å²) in [5.74, 6) is 4.11. The van der Waals surface area contributed by atoms with Crippen LogP contribution >= 0.6 is 11.3 Å². The molecule has 0 unspecified atom stereocenters. The molecule has 4 fully saturated rings. The third kappa shape index (κ3) is 3.80. The van der Waals surface area contributed by atoms with Crippen LogP contribution in [0.3, 0.4) is 0 Å². The van der Waals surface area contributed by atoms with Gasteiger partial charge in [0, 0.05) is 57.7 Å². The highest BCUT2D eigenvalue weighted by atomic mass is 32.1. The third-order valence-corrected chi connectivity index (χ3v) is 11.4. The molecule has 0 N–H and O–H groups in total. The maximum absolute atomic E-state index is 13.7. The fraction of sp³-hybridized carbons (Fsp3) is 0.531. The van der Waals surface area contributed by atoms with E-state index in [9.17, 15) is 9.59 Å². The molecular weight excluding hydrogens is 534 g/mol. The molecule has 1 aromatic carbocycles. The first-order valence-electron chi connectivity index (χ1n) is 15.0. The summed E-state index contributed by atoms with van der Waals surface area (Å²) >= 11 is 1.79. The topological polar surface area (TPSA) is 72.6 Å². The van der Waals surface area contributed by atoms with Gasteiger partial charge in [0.2, 0.25) is 5.91 Å². The summed E-state index contributed by atoms with van der Waals surface area (Å²) in [4.78, 5) is 34.8. The van der Waals surface area contributed by atoms with Crippen LogP contribution in [0.25, 0.3) is 32.8 Å². The van der Waals surface area contributed by atoms with E-state index in [0.717, 1.165) is 55.2 Å². The highest BCUT2D eigenvalue weighted by molar-refractivity contribution is 7.17. The number of amides is 2. The molecule has 8 rings (SSSR count). The van der Waals surface area contributed by atoms with Crippen LogP contribution in [0.15, 0.2) is 23.6 Å². The molecule has 2 saturated heterocycles. The highest BCUT2D eigenvalue weighted by Crippen LogP contribution is 2.45. The number of hydrogen-bond acceptors (Lipinski definition) is 5. The van der Waals surface area contributed by atoms with Crippen LogP contribution in [0, 0.1) is 17.8 Å². The first-order chi connectivity index (χ1) is 19.8. The second-order valence-corrected chi connectivity index (χ2v) is 13.8. The maximum Gasteiger partial charge on any atom is 0.254 e. The van der Waals surface area contributed by atoms with Crippen molar-refractivity contribution < 1.29 is 14.3 Å². The minimum absolute atomic E-state index is 0.0961. The number of methoxy groups -OCH3 is 1. The SMILES string of the molecule is COc1cc(C(=O)N2C[C@H]3CC[C@@H]2[C@@H]3C)cc2nc(-c3cc4scc(C5CN(C(C)=O)C5)c4n3CC3CC3)n(C)c12. The lowest BCUT2D eigenvalue weighted by Gasteiger charge is -2.38. The van der Waals surface area contributed by atoms with E-state index in [1.807, 2.05) is 17.0 Å². The molecule has 2 bridgehead atoms. The molecule has 0 radical (unpaired) electrons. The molecule has 9 heteroatoms. The number of imidazole rings is 1. The second-order valence-electron chi connectivity index (χ2n) is 12.9. The number of aromatic nitrogens is 3. The standard InChI is InChI=1S/C32H37N5O3S/c1-17-20-7-8-25(17)37(15-20)32(39)21-9-24-30(27(10-21)40-4)34(3)31(33-24)26-11-28-29(36(26)12-19-5-6-19)23(16-41-28)22-13-35(14-22)18(2)38/h9-11,16-17,19-20,22,25H,5-8,12-15H2,1-4H3/t17-,20-,25-/m1/s1. The van der Waals surface area contributed by atoms with E-state index in [1.54, 1.807) is 25.4 Å². The Kier molecular flexibility index (Phi) is 5.62. The Morgan fingerprint density at radius 1 is 1.07 bits per heavy atom. The van der Waals surface area contributed by atoms with E-state index in [4.69, 9.17) is 9.72 Å². The van der Waals surface area contributed by atoms with E-state index < -0.39 is 0 Å². The van der Waals surface area contributed by atoms with Gasteiger partial charge in [0.25, 0.3) is 5.91 Å². The molecule has 41 heavy (non-hydrogen) atoms. The third-order valence-electron chi connectivity index (χ3n) is 10.5. The summed E-state index contributed by atoms with van der Waals surface area (Å²) in [5, 5.41) is 2.29. The lowest BCUT2D eigenvalue weighted by Crippen LogP contribution is -2.47. The first-order valence-corrected chi connectivity index (χ1v) is 15.9. The highest BCUT2D eigenvalue weighted by Gasteiger charge is 2.46. The van der Waals surface area contributed by atoms with Gasteiger partial charge in [-0.1, -0.05) is 6.92 Å². The fourth-order valence-corrected chi connectivity index (χ4v) is 8.86. The lowest BCUT2D eigenvalue weighted by molar-refractivity contribution is -0.133. The van der Waals surface area contributed by atoms with Crippen LogP contribution in [0.1, 0.15) is 61.4 Å². The van der Waals surface area contributed by atoms with Crippen LogP contribution in [0.5, 0.6) is 5.75 Å². The number of piperidine rings is 1. The van der Waals surface area contributed by atoms with Crippen molar-refractivity contribution >= 4 is 44.4 Å². The van der Waals surface area contributed by atoms with Crippen molar-refractivity contribution in [2.75, 3.05) is 26.7 Å². The van der Waals surface area contributed by atoms with E-state index >= 15 is 0 Å². The smallest absolute Gasteiger partial charge is 0.254 e. The normalized spacial score (nSPS) is 24.1. The maximum atomic E-state index is 13.7. The monoisotopic (exact) mass is 571 g/mol. The van der Waals surface area contributed by atoms with Gasteiger partial charge in [-0.2, -0.15) is 0 Å². The average Bonchev–Trinajstić information content (AvgIpc) is 3.16. The average molecular weight is 572 g/mol. The molecule has 8 nitrogen and oxygen atoms in total. The molecular formula is C32H37N5O3S. The zero-order valence-electron chi connectivity index (χ0n) is 24.2. The number of likely N-dealkylation sites (tertiary alicyclic amines) is 2. The number of fused-ring (bicyclic) bond motifs is 4. The number of ether oxygens (including phenoxy) is 1. The minimum atomic E-state index is 0.0961. The van der Waals surface area contributed by atoms with Crippen LogP contribution in [0.2, 0.25) is 0 Å². The molecule has 3 atom stereocenters. The number of nitrogens with zero attached hydrogens (tertiary/aromatic N) is 5. The van der Waals surface area contributed by atoms with Crippen molar-refractivity contribution in [2.45, 2.75) is 58.0 Å². The van der Waals surface area contributed by atoms with Crippen LogP contribution in [-0.2, 0) is 18.4 Å². The van der Waals surface area contributed by atoms with Gasteiger partial charge in [-0.25, -0.2) is 4.98 Å². The van der Waals surface area contributed by atoms with E-state index in [-0.39, 0.29) is 11.8 Å². The molecule has 2 aliphatic heterocycles. The van der Waals surface area contributed by atoms with Crippen molar-refractivity contribution in [1.29, 1.82) is 0 Å². The molecule has 3 aromatic heterocycles. The van der Waals surface area contributed by atoms with Crippen molar-refractivity contribution in [3.63, 3.8) is 0 Å². The van der Waals surface area contributed by atoms with Crippen LogP contribution in [0.4, 0.5) is 0 Å². The summed E-state index contributed by atoms with van der Waals surface area (Å²) in [6.07, 6.45) is 4.87. The summed E-state index contributed by atoms with van der Waals surface area (Å²) in [6.45, 7) is 7.37. The molecule has 2 amide bonds. The Hall–Kier alpha value is -3.33. The largest absolute Gasteiger partial charge is 0.494 e. The Balaban J connectivity index is 1.21. The molecule has 4 aromatic rings. The van der Waals surface area contributed by atoms with E-state index in [2.05, 4.69) is 39.5 Å². The lowest BCUT2D eigenvalue weighted by atomic mass is 9.93. The van der Waals surface area contributed by atoms with Gasteiger partial charge in [0.15, 0.2) is 5.82 Å². The van der Waals surface area contributed by atoms with Crippen molar-refractivity contribution in [1.82, 2.24) is 23.9 Å². The summed E-state index contributed by atoms with van der Waals surface area (Å²) in [5.41, 5.74) is 6.14. The zero-order chi connectivity index (χ0) is 28.2.